The molecule has 1 aromatic heterocycles. The lowest BCUT2D eigenvalue weighted by atomic mass is 10.2. The highest BCUT2D eigenvalue weighted by Gasteiger charge is 2.01. The first-order chi connectivity index (χ1) is 10.6. The highest BCUT2D eigenvalue weighted by Crippen LogP contribution is 2.10. The minimum Gasteiger partial charge on any atom is -0.363 e. The number of hydrogen-bond acceptors (Lipinski definition) is 3. The van der Waals surface area contributed by atoms with E-state index in [0.29, 0.717) is 12.1 Å². The molecule has 0 radical (unpaired) electrons. The van der Waals surface area contributed by atoms with Crippen molar-refractivity contribution in [3.63, 3.8) is 0 Å². The average molecular weight is 299 g/mol. The summed E-state index contributed by atoms with van der Waals surface area (Å²) in [5.41, 5.74) is 1.34. The van der Waals surface area contributed by atoms with Crippen LogP contribution in [0.4, 0.5) is 10.2 Å². The number of halogens is 1. The summed E-state index contributed by atoms with van der Waals surface area (Å²) in [6.45, 7) is 0.393. The number of anilines is 1. The average Bonchev–Trinajstić information content (AvgIpc) is 2.52. The van der Waals surface area contributed by atoms with Crippen LogP contribution >= 0.6 is 0 Å². The molecule has 1 heterocycles. The molecule has 2 aromatic rings. The molecule has 0 aliphatic rings. The Bertz CT molecular complexity index is 683. The van der Waals surface area contributed by atoms with E-state index in [9.17, 15) is 9.18 Å². The predicted molar refractivity (Wildman–Crippen MR) is 85.8 cm³/mol. The number of rotatable bonds is 5. The van der Waals surface area contributed by atoms with Crippen LogP contribution in [-0.4, -0.2) is 25.0 Å². The normalized spacial score (nSPS) is 10.7. The van der Waals surface area contributed by atoms with Gasteiger partial charge in [-0.05, 0) is 29.8 Å². The van der Waals surface area contributed by atoms with Gasteiger partial charge in [0.25, 0.3) is 0 Å². The van der Waals surface area contributed by atoms with Gasteiger partial charge in [-0.1, -0.05) is 18.2 Å². The van der Waals surface area contributed by atoms with E-state index < -0.39 is 0 Å². The molecule has 1 N–H and O–H groups in total. The van der Waals surface area contributed by atoms with Gasteiger partial charge < -0.3 is 10.2 Å². The van der Waals surface area contributed by atoms with Gasteiger partial charge in [-0.25, -0.2) is 9.37 Å². The molecule has 114 valence electrons. The van der Waals surface area contributed by atoms with Gasteiger partial charge in [-0.2, -0.15) is 0 Å². The zero-order valence-corrected chi connectivity index (χ0v) is 12.6. The molecule has 0 unspecified atom stereocenters. The topological polar surface area (TPSA) is 45.2 Å². The number of hydrogen-bond donors (Lipinski definition) is 1. The molecule has 1 amide bonds. The molecule has 0 atom stereocenters. The zero-order chi connectivity index (χ0) is 15.9. The van der Waals surface area contributed by atoms with E-state index in [0.717, 1.165) is 11.4 Å². The van der Waals surface area contributed by atoms with Gasteiger partial charge in [0.2, 0.25) is 5.91 Å². The summed E-state index contributed by atoms with van der Waals surface area (Å²) in [7, 11) is 3.81. The lowest BCUT2D eigenvalue weighted by Crippen LogP contribution is -2.20. The summed E-state index contributed by atoms with van der Waals surface area (Å²) in [5.74, 6) is 0.205. The number of aromatic nitrogens is 1. The van der Waals surface area contributed by atoms with Crippen LogP contribution < -0.4 is 10.2 Å². The van der Waals surface area contributed by atoms with E-state index in [2.05, 4.69) is 10.3 Å². The summed E-state index contributed by atoms with van der Waals surface area (Å²) in [6, 6.07) is 10.1. The van der Waals surface area contributed by atoms with Crippen LogP contribution in [0.25, 0.3) is 6.08 Å². The molecule has 0 fully saturated rings. The van der Waals surface area contributed by atoms with Crippen LogP contribution in [0.1, 0.15) is 11.1 Å². The van der Waals surface area contributed by atoms with E-state index in [1.807, 2.05) is 31.1 Å². The van der Waals surface area contributed by atoms with Crippen LogP contribution in [0.2, 0.25) is 0 Å². The number of benzene rings is 1. The van der Waals surface area contributed by atoms with Gasteiger partial charge >= 0.3 is 0 Å². The monoisotopic (exact) mass is 299 g/mol. The maximum Gasteiger partial charge on any atom is 0.244 e. The lowest BCUT2D eigenvalue weighted by molar-refractivity contribution is -0.116. The van der Waals surface area contributed by atoms with Crippen LogP contribution in [-0.2, 0) is 11.3 Å². The maximum absolute atomic E-state index is 13.4. The Morgan fingerprint density at radius 1 is 1.32 bits per heavy atom. The number of amides is 1. The van der Waals surface area contributed by atoms with Crippen molar-refractivity contribution in [2.24, 2.45) is 0 Å². The summed E-state index contributed by atoms with van der Waals surface area (Å²) in [5, 5.41) is 2.76. The molecule has 2 rings (SSSR count). The van der Waals surface area contributed by atoms with Crippen molar-refractivity contribution >= 4 is 17.8 Å². The van der Waals surface area contributed by atoms with Gasteiger partial charge in [-0.15, -0.1) is 0 Å². The van der Waals surface area contributed by atoms with Crippen molar-refractivity contribution in [1.82, 2.24) is 10.3 Å². The fourth-order valence-electron chi connectivity index (χ4n) is 1.84. The maximum atomic E-state index is 13.4. The van der Waals surface area contributed by atoms with Crippen molar-refractivity contribution in [2.75, 3.05) is 19.0 Å². The van der Waals surface area contributed by atoms with Crippen molar-refractivity contribution in [3.05, 3.63) is 65.6 Å². The van der Waals surface area contributed by atoms with Crippen molar-refractivity contribution in [1.29, 1.82) is 0 Å². The standard InChI is InChI=1S/C17H18FN3O/c1-21(2)16-11-13(9-10-19-16)12-20-17(22)8-7-14-5-3-4-6-15(14)18/h3-11H,12H2,1-2H3,(H,20,22). The molecule has 5 heteroatoms. The molecule has 0 saturated heterocycles. The summed E-state index contributed by atoms with van der Waals surface area (Å²) in [4.78, 5) is 17.9. The van der Waals surface area contributed by atoms with Gasteiger partial charge in [0, 0.05) is 38.5 Å². The Morgan fingerprint density at radius 2 is 2.09 bits per heavy atom. The first kappa shape index (κ1) is 15.7. The number of nitrogens with one attached hydrogen (secondary N) is 1. The molecule has 0 saturated carbocycles. The molecule has 4 nitrogen and oxygen atoms in total. The second-order valence-electron chi connectivity index (χ2n) is 4.99. The van der Waals surface area contributed by atoms with E-state index in [1.165, 1.54) is 18.2 Å². The fourth-order valence-corrected chi connectivity index (χ4v) is 1.84. The Kier molecular flexibility index (Phi) is 5.25. The molecule has 0 bridgehead atoms. The molecule has 0 aliphatic carbocycles. The minimum atomic E-state index is -0.351. The molecule has 0 aliphatic heterocycles. The van der Waals surface area contributed by atoms with Gasteiger partial charge in [0.15, 0.2) is 0 Å². The Labute approximate surface area is 129 Å². The highest BCUT2D eigenvalue weighted by atomic mass is 19.1. The second-order valence-corrected chi connectivity index (χ2v) is 4.99. The minimum absolute atomic E-state index is 0.272. The molecule has 1 aromatic carbocycles. The van der Waals surface area contributed by atoms with Crippen LogP contribution in [0.15, 0.2) is 48.7 Å². The summed E-state index contributed by atoms with van der Waals surface area (Å²) in [6.07, 6.45) is 4.49. The quantitative estimate of drug-likeness (QED) is 0.863. The Balaban J connectivity index is 1.93. The van der Waals surface area contributed by atoms with Crippen LogP contribution in [0.5, 0.6) is 0 Å². The van der Waals surface area contributed by atoms with Crippen LogP contribution in [0, 0.1) is 5.82 Å². The Morgan fingerprint density at radius 3 is 2.82 bits per heavy atom. The number of nitrogens with zero attached hydrogens (tertiary/aromatic N) is 2. The fraction of sp³-hybridized carbons (Fsp3) is 0.176. The predicted octanol–water partition coefficient (Wildman–Crippen LogP) is 2.62. The molecule has 0 spiro atoms. The van der Waals surface area contributed by atoms with Gasteiger partial charge in [-0.3, -0.25) is 4.79 Å². The largest absolute Gasteiger partial charge is 0.363 e. The summed E-state index contributed by atoms with van der Waals surface area (Å²) >= 11 is 0. The van der Waals surface area contributed by atoms with E-state index >= 15 is 0 Å². The SMILES string of the molecule is CN(C)c1cc(CNC(=O)C=Cc2ccccc2F)ccn1. The third-order valence-corrected chi connectivity index (χ3v) is 3.05. The van der Waals surface area contributed by atoms with Crippen molar-refractivity contribution < 1.29 is 9.18 Å². The molecular weight excluding hydrogens is 281 g/mol. The zero-order valence-electron chi connectivity index (χ0n) is 12.6. The van der Waals surface area contributed by atoms with Gasteiger partial charge in [0.1, 0.15) is 11.6 Å². The van der Waals surface area contributed by atoms with E-state index in [4.69, 9.17) is 0 Å². The van der Waals surface area contributed by atoms with Crippen molar-refractivity contribution in [2.45, 2.75) is 6.54 Å². The first-order valence-electron chi connectivity index (χ1n) is 6.89. The third kappa shape index (κ3) is 4.41. The smallest absolute Gasteiger partial charge is 0.244 e. The lowest BCUT2D eigenvalue weighted by Gasteiger charge is -2.12. The number of carbonyl (C=O) groups is 1. The van der Waals surface area contributed by atoms with Crippen molar-refractivity contribution in [3.8, 4) is 0 Å². The van der Waals surface area contributed by atoms with Crippen LogP contribution in [0.3, 0.4) is 0 Å². The van der Waals surface area contributed by atoms with E-state index in [1.54, 1.807) is 24.4 Å². The highest BCUT2D eigenvalue weighted by molar-refractivity contribution is 5.91. The van der Waals surface area contributed by atoms with E-state index in [-0.39, 0.29) is 11.7 Å². The second kappa shape index (κ2) is 7.36. The number of pyridine rings is 1. The molecular formula is C17H18FN3O. The summed E-state index contributed by atoms with van der Waals surface area (Å²) < 4.78 is 13.4. The van der Waals surface area contributed by atoms with Gasteiger partial charge in [0.05, 0.1) is 0 Å². The third-order valence-electron chi connectivity index (χ3n) is 3.05. The first-order valence-corrected chi connectivity index (χ1v) is 6.89. The Hall–Kier alpha value is -2.69. The number of carbonyl (C=O) groups excluding carboxylic acids is 1. The molecule has 22 heavy (non-hydrogen) atoms.